The van der Waals surface area contributed by atoms with Crippen LogP contribution in [0, 0.1) is 0 Å². The zero-order valence-corrected chi connectivity index (χ0v) is 13.9. The van der Waals surface area contributed by atoms with Crippen molar-refractivity contribution in [2.24, 2.45) is 24.3 Å². The molecule has 0 atom stereocenters. The molecule has 0 unspecified atom stereocenters. The van der Waals surface area contributed by atoms with Crippen molar-refractivity contribution in [1.29, 1.82) is 0 Å². The molecule has 0 radical (unpaired) electrons. The molecule has 2 rings (SSSR count). The standard InChI is InChI=1S/C15H22N5O2/c1-18(2)12-10-13(21-5)11(9-14(12)22-6)16-17-15-19(3)7-8-20(15)4/h7-10H,1-6H3/q+1. The second-order valence-corrected chi connectivity index (χ2v) is 5.11. The number of aromatic nitrogens is 2. The predicted molar refractivity (Wildman–Crippen MR) is 84.6 cm³/mol. The smallest absolute Gasteiger partial charge is 0.421 e. The van der Waals surface area contributed by atoms with E-state index in [2.05, 4.69) is 10.2 Å². The molecule has 0 N–H and O–H groups in total. The van der Waals surface area contributed by atoms with Crippen LogP contribution in [0.1, 0.15) is 0 Å². The van der Waals surface area contributed by atoms with Gasteiger partial charge in [0.2, 0.25) is 0 Å². The number of azo groups is 1. The van der Waals surface area contributed by atoms with Crippen molar-refractivity contribution in [3.8, 4) is 11.5 Å². The summed E-state index contributed by atoms with van der Waals surface area (Å²) in [7, 11) is 11.0. The summed E-state index contributed by atoms with van der Waals surface area (Å²) in [6, 6.07) is 3.71. The third-order valence-corrected chi connectivity index (χ3v) is 3.35. The molecule has 0 amide bonds. The number of hydrogen-bond acceptors (Lipinski definition) is 5. The molecule has 22 heavy (non-hydrogen) atoms. The minimum Gasteiger partial charge on any atom is -0.494 e. The summed E-state index contributed by atoms with van der Waals surface area (Å²) in [5.74, 6) is 2.10. The van der Waals surface area contributed by atoms with Crippen LogP contribution in [0.4, 0.5) is 17.3 Å². The third-order valence-electron chi connectivity index (χ3n) is 3.35. The maximum Gasteiger partial charge on any atom is 0.421 e. The number of imidazole rings is 1. The minimum atomic E-state index is 0.617. The summed E-state index contributed by atoms with van der Waals surface area (Å²) in [5, 5.41) is 8.61. The molecule has 7 nitrogen and oxygen atoms in total. The fourth-order valence-electron chi connectivity index (χ4n) is 2.11. The maximum absolute atomic E-state index is 5.42. The van der Waals surface area contributed by atoms with Gasteiger partial charge < -0.3 is 14.4 Å². The highest BCUT2D eigenvalue weighted by atomic mass is 16.5. The van der Waals surface area contributed by atoms with Crippen molar-refractivity contribution in [3.63, 3.8) is 0 Å². The summed E-state index contributed by atoms with van der Waals surface area (Å²) < 4.78 is 14.6. The molecular formula is C15H22N5O2+. The van der Waals surface area contributed by atoms with Gasteiger partial charge in [-0.2, -0.15) is 0 Å². The molecule has 1 aromatic carbocycles. The Labute approximate surface area is 130 Å². The molecule has 2 aromatic rings. The lowest BCUT2D eigenvalue weighted by Gasteiger charge is -2.18. The largest absolute Gasteiger partial charge is 0.494 e. The van der Waals surface area contributed by atoms with Gasteiger partial charge in [-0.05, 0) is 0 Å². The summed E-state index contributed by atoms with van der Waals surface area (Å²) in [6.45, 7) is 0. The zero-order valence-electron chi connectivity index (χ0n) is 13.9. The van der Waals surface area contributed by atoms with Crippen LogP contribution in [-0.2, 0) is 14.1 Å². The van der Waals surface area contributed by atoms with Crippen molar-refractivity contribution in [3.05, 3.63) is 24.5 Å². The Hall–Kier alpha value is -2.57. The first kappa shape index (κ1) is 15.8. The number of rotatable bonds is 5. The van der Waals surface area contributed by atoms with Crippen molar-refractivity contribution in [2.75, 3.05) is 33.2 Å². The monoisotopic (exact) mass is 304 g/mol. The van der Waals surface area contributed by atoms with E-state index in [0.717, 1.165) is 17.4 Å². The van der Waals surface area contributed by atoms with E-state index in [1.165, 1.54) is 0 Å². The summed E-state index contributed by atoms with van der Waals surface area (Å²) in [4.78, 5) is 1.96. The van der Waals surface area contributed by atoms with Crippen LogP contribution in [-0.4, -0.2) is 32.9 Å². The van der Waals surface area contributed by atoms with Crippen LogP contribution in [0.5, 0.6) is 11.5 Å². The Morgan fingerprint density at radius 2 is 1.77 bits per heavy atom. The topological polar surface area (TPSA) is 55.2 Å². The summed E-state index contributed by atoms with van der Waals surface area (Å²) >= 11 is 0. The third kappa shape index (κ3) is 3.03. The van der Waals surface area contributed by atoms with Gasteiger partial charge >= 0.3 is 5.95 Å². The van der Waals surface area contributed by atoms with E-state index in [-0.39, 0.29) is 0 Å². The van der Waals surface area contributed by atoms with Crippen molar-refractivity contribution >= 4 is 17.3 Å². The van der Waals surface area contributed by atoms with Gasteiger partial charge in [0.15, 0.2) is 0 Å². The molecule has 118 valence electrons. The van der Waals surface area contributed by atoms with Crippen molar-refractivity contribution in [2.45, 2.75) is 0 Å². The van der Waals surface area contributed by atoms with E-state index in [0.29, 0.717) is 11.4 Å². The summed E-state index contributed by atoms with van der Waals surface area (Å²) in [6.07, 6.45) is 3.84. The molecular weight excluding hydrogens is 282 g/mol. The Balaban J connectivity index is 2.46. The normalized spacial score (nSPS) is 11.0. The van der Waals surface area contributed by atoms with Crippen LogP contribution in [0.3, 0.4) is 0 Å². The number of ether oxygens (including phenoxy) is 2. The van der Waals surface area contributed by atoms with E-state index in [9.17, 15) is 0 Å². The van der Waals surface area contributed by atoms with Crippen LogP contribution >= 0.6 is 0 Å². The molecule has 7 heteroatoms. The van der Waals surface area contributed by atoms with Crippen molar-refractivity contribution in [1.82, 2.24) is 4.57 Å². The fourth-order valence-corrected chi connectivity index (χ4v) is 2.11. The number of nitrogens with zero attached hydrogens (tertiary/aromatic N) is 5. The van der Waals surface area contributed by atoms with E-state index in [1.807, 2.05) is 66.8 Å². The SMILES string of the molecule is COc1cc(N(C)C)c(OC)cc1N=Nc1n(C)cc[n+]1C. The molecule has 0 saturated heterocycles. The first-order valence-corrected chi connectivity index (χ1v) is 6.84. The van der Waals surface area contributed by atoms with Crippen LogP contribution in [0.2, 0.25) is 0 Å². The second kappa shape index (κ2) is 6.46. The number of benzene rings is 1. The zero-order chi connectivity index (χ0) is 16.3. The van der Waals surface area contributed by atoms with Gasteiger partial charge in [-0.3, -0.25) is 0 Å². The first-order valence-electron chi connectivity index (χ1n) is 6.84. The molecule has 1 aromatic heterocycles. The number of hydrogen-bond donors (Lipinski definition) is 0. The van der Waals surface area contributed by atoms with Gasteiger partial charge in [0, 0.05) is 31.3 Å². The Kier molecular flexibility index (Phi) is 4.65. The molecule has 0 bridgehead atoms. The van der Waals surface area contributed by atoms with Gasteiger partial charge in [-0.15, -0.1) is 0 Å². The molecule has 0 aliphatic rings. The second-order valence-electron chi connectivity index (χ2n) is 5.11. The van der Waals surface area contributed by atoms with Crippen LogP contribution in [0.25, 0.3) is 0 Å². The Morgan fingerprint density at radius 3 is 2.27 bits per heavy atom. The first-order chi connectivity index (χ1) is 10.5. The Morgan fingerprint density at radius 1 is 1.09 bits per heavy atom. The summed E-state index contributed by atoms with van der Waals surface area (Å²) in [5.41, 5.74) is 1.54. The lowest BCUT2D eigenvalue weighted by atomic mass is 10.2. The highest BCUT2D eigenvalue weighted by Crippen LogP contribution is 2.39. The molecule has 0 saturated carbocycles. The van der Waals surface area contributed by atoms with Crippen molar-refractivity contribution < 1.29 is 14.0 Å². The highest BCUT2D eigenvalue weighted by molar-refractivity contribution is 5.69. The molecule has 0 aliphatic carbocycles. The van der Waals surface area contributed by atoms with E-state index in [4.69, 9.17) is 9.47 Å². The number of methoxy groups -OCH3 is 2. The van der Waals surface area contributed by atoms with E-state index >= 15 is 0 Å². The highest BCUT2D eigenvalue weighted by Gasteiger charge is 2.15. The number of aryl methyl sites for hydroxylation is 2. The van der Waals surface area contributed by atoms with Gasteiger partial charge in [0.1, 0.15) is 17.2 Å². The van der Waals surface area contributed by atoms with Crippen LogP contribution < -0.4 is 18.9 Å². The lowest BCUT2D eigenvalue weighted by molar-refractivity contribution is -0.657. The fraction of sp³-hybridized carbons (Fsp3) is 0.400. The number of anilines is 1. The quantitative estimate of drug-likeness (QED) is 0.629. The van der Waals surface area contributed by atoms with E-state index in [1.54, 1.807) is 14.2 Å². The maximum atomic E-state index is 5.42. The molecule has 0 spiro atoms. The van der Waals surface area contributed by atoms with E-state index < -0.39 is 0 Å². The lowest BCUT2D eigenvalue weighted by Crippen LogP contribution is -2.25. The van der Waals surface area contributed by atoms with Gasteiger partial charge in [0.05, 0.1) is 46.4 Å². The molecule has 0 aliphatic heterocycles. The predicted octanol–water partition coefficient (Wildman–Crippen LogP) is 2.35. The van der Waals surface area contributed by atoms with Gasteiger partial charge in [0.25, 0.3) is 0 Å². The molecule has 0 fully saturated rings. The minimum absolute atomic E-state index is 0.617. The van der Waals surface area contributed by atoms with Crippen LogP contribution in [0.15, 0.2) is 34.8 Å². The van der Waals surface area contributed by atoms with Gasteiger partial charge in [-0.1, -0.05) is 5.11 Å². The average molecular weight is 304 g/mol. The molecule has 1 heterocycles. The van der Waals surface area contributed by atoms with Gasteiger partial charge in [-0.25, -0.2) is 9.13 Å². The Bertz CT molecular complexity index is 672. The average Bonchev–Trinajstić information content (AvgIpc) is 2.82.